The minimum atomic E-state index is -3.70. The van der Waals surface area contributed by atoms with Crippen LogP contribution in [0.3, 0.4) is 0 Å². The summed E-state index contributed by atoms with van der Waals surface area (Å²) in [5, 5.41) is 0. The topological polar surface area (TPSA) is 85.1 Å². The standard InChI is InChI=1S/C13H14BrN3O2S/c1-8-3-4-11(6-12(8)15)20(18,19)17-13-9(2)5-10(14)7-16-13/h3-7H,15H2,1-2H3,(H,16,17). The van der Waals surface area contributed by atoms with Crippen molar-refractivity contribution >= 4 is 37.5 Å². The van der Waals surface area contributed by atoms with E-state index in [2.05, 4.69) is 25.6 Å². The van der Waals surface area contributed by atoms with Gasteiger partial charge in [-0.05, 0) is 59.1 Å². The van der Waals surface area contributed by atoms with Crippen LogP contribution in [0.5, 0.6) is 0 Å². The molecule has 0 aliphatic rings. The Morgan fingerprint density at radius 3 is 2.50 bits per heavy atom. The molecule has 7 heteroatoms. The number of nitrogens with one attached hydrogen (secondary N) is 1. The van der Waals surface area contributed by atoms with Crippen molar-refractivity contribution in [3.05, 3.63) is 46.1 Å². The lowest BCUT2D eigenvalue weighted by Gasteiger charge is -2.11. The van der Waals surface area contributed by atoms with Crippen LogP contribution in [0.25, 0.3) is 0 Å². The number of hydrogen-bond donors (Lipinski definition) is 2. The fourth-order valence-electron chi connectivity index (χ4n) is 1.62. The summed E-state index contributed by atoms with van der Waals surface area (Å²) in [4.78, 5) is 4.18. The van der Waals surface area contributed by atoms with Gasteiger partial charge in [-0.15, -0.1) is 0 Å². The largest absolute Gasteiger partial charge is 0.398 e. The second kappa shape index (κ2) is 5.41. The Morgan fingerprint density at radius 2 is 1.90 bits per heavy atom. The molecule has 0 saturated carbocycles. The molecule has 0 aliphatic heterocycles. The first-order valence-corrected chi connectivity index (χ1v) is 8.08. The Bertz CT molecular complexity index is 760. The smallest absolute Gasteiger partial charge is 0.263 e. The molecule has 2 aromatic rings. The zero-order valence-electron chi connectivity index (χ0n) is 11.0. The van der Waals surface area contributed by atoms with Crippen molar-refractivity contribution in [1.82, 2.24) is 4.98 Å². The SMILES string of the molecule is Cc1ccc(S(=O)(=O)Nc2ncc(Br)cc2C)cc1N. The van der Waals surface area contributed by atoms with Crippen molar-refractivity contribution in [2.75, 3.05) is 10.5 Å². The second-order valence-electron chi connectivity index (χ2n) is 4.44. The second-order valence-corrected chi connectivity index (χ2v) is 7.04. The average molecular weight is 356 g/mol. The first-order valence-electron chi connectivity index (χ1n) is 5.81. The molecular weight excluding hydrogens is 342 g/mol. The van der Waals surface area contributed by atoms with Crippen LogP contribution in [-0.4, -0.2) is 13.4 Å². The first kappa shape index (κ1) is 14.8. The molecule has 1 aromatic heterocycles. The van der Waals surface area contributed by atoms with E-state index in [-0.39, 0.29) is 4.90 Å². The van der Waals surface area contributed by atoms with Gasteiger partial charge in [0.15, 0.2) is 0 Å². The number of sulfonamides is 1. The number of anilines is 2. The van der Waals surface area contributed by atoms with Crippen molar-refractivity contribution in [1.29, 1.82) is 0 Å². The van der Waals surface area contributed by atoms with E-state index in [0.29, 0.717) is 11.5 Å². The molecule has 2 rings (SSSR count). The van der Waals surface area contributed by atoms with Crippen LogP contribution in [0.15, 0.2) is 39.8 Å². The molecule has 0 spiro atoms. The monoisotopic (exact) mass is 355 g/mol. The summed E-state index contributed by atoms with van der Waals surface area (Å²) < 4.78 is 27.8. The maximum atomic E-state index is 12.3. The highest BCUT2D eigenvalue weighted by molar-refractivity contribution is 9.10. The molecule has 0 saturated heterocycles. The molecule has 0 unspecified atom stereocenters. The van der Waals surface area contributed by atoms with Crippen LogP contribution in [-0.2, 0) is 10.0 Å². The van der Waals surface area contributed by atoms with Crippen molar-refractivity contribution in [3.63, 3.8) is 0 Å². The molecule has 0 atom stereocenters. The molecule has 20 heavy (non-hydrogen) atoms. The Balaban J connectivity index is 2.38. The number of nitrogen functional groups attached to an aromatic ring is 1. The van der Waals surface area contributed by atoms with E-state index in [1.807, 2.05) is 6.92 Å². The third kappa shape index (κ3) is 3.10. The number of aryl methyl sites for hydroxylation is 2. The summed E-state index contributed by atoms with van der Waals surface area (Å²) in [6.07, 6.45) is 1.54. The normalized spacial score (nSPS) is 11.3. The van der Waals surface area contributed by atoms with Crippen molar-refractivity contribution in [2.45, 2.75) is 18.7 Å². The maximum Gasteiger partial charge on any atom is 0.263 e. The minimum Gasteiger partial charge on any atom is -0.398 e. The molecule has 0 fully saturated rings. The minimum absolute atomic E-state index is 0.115. The van der Waals surface area contributed by atoms with Crippen LogP contribution in [0.4, 0.5) is 11.5 Å². The van der Waals surface area contributed by atoms with E-state index < -0.39 is 10.0 Å². The summed E-state index contributed by atoms with van der Waals surface area (Å²) in [5.41, 5.74) is 7.74. The van der Waals surface area contributed by atoms with Gasteiger partial charge in [0.05, 0.1) is 4.90 Å². The maximum absolute atomic E-state index is 12.3. The van der Waals surface area contributed by atoms with Crippen molar-refractivity contribution in [3.8, 4) is 0 Å². The van der Waals surface area contributed by atoms with Gasteiger partial charge in [-0.3, -0.25) is 4.72 Å². The lowest BCUT2D eigenvalue weighted by Crippen LogP contribution is -2.15. The Kier molecular flexibility index (Phi) is 4.01. The molecule has 106 valence electrons. The molecular formula is C13H14BrN3O2S. The van der Waals surface area contributed by atoms with E-state index in [0.717, 1.165) is 15.6 Å². The first-order chi connectivity index (χ1) is 9.29. The fourth-order valence-corrected chi connectivity index (χ4v) is 3.18. The van der Waals surface area contributed by atoms with Gasteiger partial charge in [0.1, 0.15) is 5.82 Å². The molecule has 3 N–H and O–H groups in total. The fraction of sp³-hybridized carbons (Fsp3) is 0.154. The van der Waals surface area contributed by atoms with Crippen LogP contribution in [0, 0.1) is 13.8 Å². The van der Waals surface area contributed by atoms with Gasteiger partial charge in [-0.1, -0.05) is 6.07 Å². The van der Waals surface area contributed by atoms with E-state index >= 15 is 0 Å². The summed E-state index contributed by atoms with van der Waals surface area (Å²) >= 11 is 3.28. The molecule has 0 aliphatic carbocycles. The molecule has 0 radical (unpaired) electrons. The number of aromatic nitrogens is 1. The Labute approximate surface area is 126 Å². The van der Waals surface area contributed by atoms with E-state index in [4.69, 9.17) is 5.73 Å². The lowest BCUT2D eigenvalue weighted by atomic mass is 10.2. The van der Waals surface area contributed by atoms with Gasteiger partial charge < -0.3 is 5.73 Å². The highest BCUT2D eigenvalue weighted by Crippen LogP contribution is 2.22. The van der Waals surface area contributed by atoms with Gasteiger partial charge in [0, 0.05) is 16.4 Å². The summed E-state index contributed by atoms with van der Waals surface area (Å²) in [6, 6.07) is 6.41. The van der Waals surface area contributed by atoms with Gasteiger partial charge >= 0.3 is 0 Å². The number of pyridine rings is 1. The zero-order chi connectivity index (χ0) is 14.9. The third-order valence-corrected chi connectivity index (χ3v) is 4.61. The highest BCUT2D eigenvalue weighted by Gasteiger charge is 2.16. The van der Waals surface area contributed by atoms with E-state index in [9.17, 15) is 8.42 Å². The quantitative estimate of drug-likeness (QED) is 0.829. The summed E-state index contributed by atoms with van der Waals surface area (Å²) in [5.74, 6) is 0.298. The molecule has 1 heterocycles. The number of rotatable bonds is 3. The number of nitrogens with zero attached hydrogens (tertiary/aromatic N) is 1. The van der Waals surface area contributed by atoms with Gasteiger partial charge in [-0.2, -0.15) is 0 Å². The van der Waals surface area contributed by atoms with Gasteiger partial charge in [0.25, 0.3) is 10.0 Å². The van der Waals surface area contributed by atoms with E-state index in [1.165, 1.54) is 18.3 Å². The summed E-state index contributed by atoms with van der Waals surface area (Å²) in [6.45, 7) is 3.60. The zero-order valence-corrected chi connectivity index (χ0v) is 13.4. The summed E-state index contributed by atoms with van der Waals surface area (Å²) in [7, 11) is -3.70. The Morgan fingerprint density at radius 1 is 1.20 bits per heavy atom. The lowest BCUT2D eigenvalue weighted by molar-refractivity contribution is 0.601. The van der Waals surface area contributed by atoms with Gasteiger partial charge in [-0.25, -0.2) is 13.4 Å². The number of halogens is 1. The van der Waals surface area contributed by atoms with Crippen molar-refractivity contribution < 1.29 is 8.42 Å². The number of hydrogen-bond acceptors (Lipinski definition) is 4. The molecule has 1 aromatic carbocycles. The van der Waals surface area contributed by atoms with Crippen LogP contribution in [0.1, 0.15) is 11.1 Å². The van der Waals surface area contributed by atoms with Crippen LogP contribution < -0.4 is 10.5 Å². The number of benzene rings is 1. The molecule has 0 amide bonds. The van der Waals surface area contributed by atoms with Crippen molar-refractivity contribution in [2.24, 2.45) is 0 Å². The van der Waals surface area contributed by atoms with Gasteiger partial charge in [0.2, 0.25) is 0 Å². The highest BCUT2D eigenvalue weighted by atomic mass is 79.9. The molecule has 0 bridgehead atoms. The number of nitrogens with two attached hydrogens (primary N) is 1. The predicted molar refractivity (Wildman–Crippen MR) is 83.1 cm³/mol. The molecule has 5 nitrogen and oxygen atoms in total. The predicted octanol–water partition coefficient (Wildman–Crippen LogP) is 2.84. The average Bonchev–Trinajstić information content (AvgIpc) is 2.36. The van der Waals surface area contributed by atoms with E-state index in [1.54, 1.807) is 19.1 Å². The third-order valence-electron chi connectivity index (χ3n) is 2.84. The van der Waals surface area contributed by atoms with Crippen LogP contribution in [0.2, 0.25) is 0 Å². The Hall–Kier alpha value is -1.60. The van der Waals surface area contributed by atoms with Crippen LogP contribution >= 0.6 is 15.9 Å².